The molecule has 1 aliphatic heterocycles. The molecule has 3 rings (SSSR count). The Morgan fingerprint density at radius 1 is 1.13 bits per heavy atom. The van der Waals surface area contributed by atoms with Gasteiger partial charge in [0.2, 0.25) is 0 Å². The SMILES string of the molecule is O=C(N[C@@H]1CCCN(c2ccccc2)C1)N[C@@H]1CCC[C@H]1CO. The van der Waals surface area contributed by atoms with Gasteiger partial charge in [-0.25, -0.2) is 4.79 Å². The summed E-state index contributed by atoms with van der Waals surface area (Å²) < 4.78 is 0. The minimum absolute atomic E-state index is 0.0877. The predicted octanol–water partition coefficient (Wildman–Crippen LogP) is 2.12. The zero-order valence-electron chi connectivity index (χ0n) is 13.6. The van der Waals surface area contributed by atoms with Crippen molar-refractivity contribution in [1.82, 2.24) is 10.6 Å². The van der Waals surface area contributed by atoms with Gasteiger partial charge in [-0.15, -0.1) is 0 Å². The molecular weight excluding hydrogens is 290 g/mol. The largest absolute Gasteiger partial charge is 0.396 e. The maximum atomic E-state index is 12.2. The second kappa shape index (κ2) is 7.68. The van der Waals surface area contributed by atoms with Gasteiger partial charge in [-0.05, 0) is 37.8 Å². The molecule has 2 fully saturated rings. The van der Waals surface area contributed by atoms with Crippen LogP contribution in [-0.4, -0.2) is 42.9 Å². The van der Waals surface area contributed by atoms with Crippen LogP contribution in [0.15, 0.2) is 30.3 Å². The Bertz CT molecular complexity index is 508. The molecule has 1 saturated heterocycles. The molecule has 1 heterocycles. The van der Waals surface area contributed by atoms with Gasteiger partial charge >= 0.3 is 6.03 Å². The van der Waals surface area contributed by atoms with E-state index in [0.29, 0.717) is 0 Å². The number of hydrogen-bond acceptors (Lipinski definition) is 3. The molecule has 0 bridgehead atoms. The predicted molar refractivity (Wildman–Crippen MR) is 91.6 cm³/mol. The highest BCUT2D eigenvalue weighted by atomic mass is 16.3. The van der Waals surface area contributed by atoms with E-state index in [4.69, 9.17) is 0 Å². The van der Waals surface area contributed by atoms with Crippen molar-refractivity contribution in [2.24, 2.45) is 5.92 Å². The van der Waals surface area contributed by atoms with Crippen molar-refractivity contribution in [3.8, 4) is 0 Å². The van der Waals surface area contributed by atoms with Gasteiger partial charge in [0.25, 0.3) is 0 Å². The van der Waals surface area contributed by atoms with Crippen molar-refractivity contribution in [3.05, 3.63) is 30.3 Å². The number of rotatable bonds is 4. The number of benzene rings is 1. The zero-order chi connectivity index (χ0) is 16.1. The maximum Gasteiger partial charge on any atom is 0.315 e. The van der Waals surface area contributed by atoms with Crippen LogP contribution >= 0.6 is 0 Å². The van der Waals surface area contributed by atoms with E-state index in [-0.39, 0.29) is 30.6 Å². The van der Waals surface area contributed by atoms with Crippen LogP contribution in [0.2, 0.25) is 0 Å². The highest BCUT2D eigenvalue weighted by Gasteiger charge is 2.29. The van der Waals surface area contributed by atoms with Crippen LogP contribution in [-0.2, 0) is 0 Å². The van der Waals surface area contributed by atoms with Gasteiger partial charge in [0.15, 0.2) is 0 Å². The Kier molecular flexibility index (Phi) is 5.39. The fourth-order valence-corrected chi connectivity index (χ4v) is 3.81. The third-order valence-electron chi connectivity index (χ3n) is 5.09. The van der Waals surface area contributed by atoms with Crippen LogP contribution in [0.5, 0.6) is 0 Å². The Hall–Kier alpha value is -1.75. The molecule has 5 heteroatoms. The number of amides is 2. The summed E-state index contributed by atoms with van der Waals surface area (Å²) in [7, 11) is 0. The Morgan fingerprint density at radius 3 is 2.74 bits per heavy atom. The van der Waals surface area contributed by atoms with Gasteiger partial charge in [0, 0.05) is 43.4 Å². The van der Waals surface area contributed by atoms with E-state index in [0.717, 1.165) is 45.2 Å². The lowest BCUT2D eigenvalue weighted by Crippen LogP contribution is -2.53. The lowest BCUT2D eigenvalue weighted by molar-refractivity contribution is 0.197. The van der Waals surface area contributed by atoms with E-state index in [9.17, 15) is 9.90 Å². The monoisotopic (exact) mass is 317 g/mol. The van der Waals surface area contributed by atoms with Gasteiger partial charge in [-0.2, -0.15) is 0 Å². The van der Waals surface area contributed by atoms with Gasteiger partial charge in [-0.1, -0.05) is 24.6 Å². The molecule has 1 aliphatic carbocycles. The molecule has 3 atom stereocenters. The molecule has 0 radical (unpaired) electrons. The van der Waals surface area contributed by atoms with Crippen LogP contribution in [0.1, 0.15) is 32.1 Å². The summed E-state index contributed by atoms with van der Waals surface area (Å²) >= 11 is 0. The summed E-state index contributed by atoms with van der Waals surface area (Å²) in [6.07, 6.45) is 5.17. The molecule has 0 aromatic heterocycles. The quantitative estimate of drug-likeness (QED) is 0.797. The molecule has 0 spiro atoms. The van der Waals surface area contributed by atoms with Crippen molar-refractivity contribution in [2.45, 2.75) is 44.2 Å². The minimum Gasteiger partial charge on any atom is -0.396 e. The van der Waals surface area contributed by atoms with Crippen LogP contribution in [0.4, 0.5) is 10.5 Å². The molecule has 23 heavy (non-hydrogen) atoms. The maximum absolute atomic E-state index is 12.2. The summed E-state index contributed by atoms with van der Waals surface area (Å²) in [5.74, 6) is 0.216. The van der Waals surface area contributed by atoms with Gasteiger partial charge < -0.3 is 20.6 Å². The molecular formula is C18H27N3O2. The van der Waals surface area contributed by atoms with Crippen LogP contribution in [0.3, 0.4) is 0 Å². The number of anilines is 1. The van der Waals surface area contributed by atoms with E-state index in [1.54, 1.807) is 0 Å². The van der Waals surface area contributed by atoms with Crippen molar-refractivity contribution < 1.29 is 9.90 Å². The summed E-state index contributed by atoms with van der Waals surface area (Å²) in [4.78, 5) is 14.6. The smallest absolute Gasteiger partial charge is 0.315 e. The molecule has 1 aromatic rings. The standard InChI is InChI=1S/C18H27N3O2/c22-13-14-6-4-10-17(14)20-18(23)19-15-7-5-11-21(12-15)16-8-2-1-3-9-16/h1-3,8-9,14-15,17,22H,4-7,10-13H2,(H2,19,20,23)/t14-,15+,17+/m0/s1. The summed E-state index contributed by atoms with van der Waals surface area (Å²) in [5.41, 5.74) is 1.22. The van der Waals surface area contributed by atoms with Crippen molar-refractivity contribution in [3.63, 3.8) is 0 Å². The molecule has 5 nitrogen and oxygen atoms in total. The number of piperidine rings is 1. The van der Waals surface area contributed by atoms with Crippen molar-refractivity contribution in [1.29, 1.82) is 0 Å². The Morgan fingerprint density at radius 2 is 1.96 bits per heavy atom. The summed E-state index contributed by atoms with van der Waals surface area (Å²) in [6, 6.07) is 10.6. The number of aliphatic hydroxyl groups excluding tert-OH is 1. The van der Waals surface area contributed by atoms with Crippen LogP contribution in [0.25, 0.3) is 0 Å². The molecule has 2 amide bonds. The summed E-state index contributed by atoms with van der Waals surface area (Å²) in [5, 5.41) is 15.5. The number of hydrogen-bond donors (Lipinski definition) is 3. The van der Waals surface area contributed by atoms with E-state index in [2.05, 4.69) is 27.7 Å². The third-order valence-corrected chi connectivity index (χ3v) is 5.09. The molecule has 1 aromatic carbocycles. The normalized spacial score (nSPS) is 27.7. The van der Waals surface area contributed by atoms with E-state index in [1.807, 2.05) is 18.2 Å². The molecule has 2 aliphatic rings. The van der Waals surface area contributed by atoms with E-state index < -0.39 is 0 Å². The number of para-hydroxylation sites is 1. The first-order chi connectivity index (χ1) is 11.3. The molecule has 0 unspecified atom stereocenters. The third kappa shape index (κ3) is 4.16. The first-order valence-electron chi connectivity index (χ1n) is 8.74. The lowest BCUT2D eigenvalue weighted by Gasteiger charge is -2.35. The average Bonchev–Trinajstić information content (AvgIpc) is 3.03. The molecule has 1 saturated carbocycles. The van der Waals surface area contributed by atoms with E-state index in [1.165, 1.54) is 5.69 Å². The minimum atomic E-state index is -0.0877. The second-order valence-corrected chi connectivity index (χ2v) is 6.72. The number of nitrogens with zero attached hydrogens (tertiary/aromatic N) is 1. The van der Waals surface area contributed by atoms with Crippen LogP contribution < -0.4 is 15.5 Å². The first-order valence-corrected chi connectivity index (χ1v) is 8.74. The molecule has 3 N–H and O–H groups in total. The highest BCUT2D eigenvalue weighted by Crippen LogP contribution is 2.25. The fourth-order valence-electron chi connectivity index (χ4n) is 3.81. The Balaban J connectivity index is 1.50. The van der Waals surface area contributed by atoms with Crippen LogP contribution in [0, 0.1) is 5.92 Å². The number of carbonyl (C=O) groups excluding carboxylic acids is 1. The van der Waals surface area contributed by atoms with Gasteiger partial charge in [0.05, 0.1) is 0 Å². The zero-order valence-corrected chi connectivity index (χ0v) is 13.6. The Labute approximate surface area is 138 Å². The number of urea groups is 1. The van der Waals surface area contributed by atoms with Crippen molar-refractivity contribution in [2.75, 3.05) is 24.6 Å². The number of nitrogens with one attached hydrogen (secondary N) is 2. The van der Waals surface area contributed by atoms with Gasteiger partial charge in [0.1, 0.15) is 0 Å². The van der Waals surface area contributed by atoms with Gasteiger partial charge in [-0.3, -0.25) is 0 Å². The summed E-state index contributed by atoms with van der Waals surface area (Å²) in [6.45, 7) is 2.06. The molecule has 126 valence electrons. The highest BCUT2D eigenvalue weighted by molar-refractivity contribution is 5.74. The second-order valence-electron chi connectivity index (χ2n) is 6.72. The first kappa shape index (κ1) is 16.1. The number of carbonyl (C=O) groups is 1. The topological polar surface area (TPSA) is 64.6 Å². The lowest BCUT2D eigenvalue weighted by atomic mass is 10.0. The average molecular weight is 317 g/mol. The van der Waals surface area contributed by atoms with E-state index >= 15 is 0 Å². The van der Waals surface area contributed by atoms with Crippen molar-refractivity contribution >= 4 is 11.7 Å². The fraction of sp³-hybridized carbons (Fsp3) is 0.611. The number of aliphatic hydroxyl groups is 1.